The highest BCUT2D eigenvalue weighted by atomic mass is 16.5. The largest absolute Gasteiger partial charge is 0.496 e. The summed E-state index contributed by atoms with van der Waals surface area (Å²) in [6.45, 7) is 2.51. The van der Waals surface area contributed by atoms with Crippen LogP contribution in [0.15, 0.2) is 48.5 Å². The smallest absolute Gasteiger partial charge is 0.124 e. The van der Waals surface area contributed by atoms with Crippen molar-refractivity contribution in [2.45, 2.75) is 19.6 Å². The summed E-state index contributed by atoms with van der Waals surface area (Å²) >= 11 is 0. The fraction of sp³-hybridized carbons (Fsp3) is 0.250. The van der Waals surface area contributed by atoms with Gasteiger partial charge in [-0.25, -0.2) is 0 Å². The fourth-order valence-corrected chi connectivity index (χ4v) is 1.95. The van der Waals surface area contributed by atoms with E-state index in [0.29, 0.717) is 12.3 Å². The number of hydrogen-bond donors (Lipinski definition) is 1. The lowest BCUT2D eigenvalue weighted by molar-refractivity contribution is 0.0514. The molecule has 0 aromatic heterocycles. The summed E-state index contributed by atoms with van der Waals surface area (Å²) in [7, 11) is 1.65. The molecule has 2 N–H and O–H groups in total. The molecule has 3 heteroatoms. The van der Waals surface area contributed by atoms with Gasteiger partial charge in [-0.3, -0.25) is 0 Å². The normalized spacial score (nSPS) is 12.1. The number of benzene rings is 2. The molecular weight excluding hydrogens is 238 g/mol. The quantitative estimate of drug-likeness (QED) is 0.833. The summed E-state index contributed by atoms with van der Waals surface area (Å²) < 4.78 is 11.2. The van der Waals surface area contributed by atoms with Gasteiger partial charge in [0.2, 0.25) is 0 Å². The van der Waals surface area contributed by atoms with Crippen LogP contribution in [0.5, 0.6) is 5.75 Å². The molecule has 0 spiro atoms. The summed E-state index contributed by atoms with van der Waals surface area (Å²) in [5.41, 5.74) is 8.62. The van der Waals surface area contributed by atoms with Crippen LogP contribution in [-0.2, 0) is 11.3 Å². The summed E-state index contributed by atoms with van der Waals surface area (Å²) in [6.07, 6.45) is 0.0346. The third-order valence-corrected chi connectivity index (χ3v) is 3.06. The Hall–Kier alpha value is -2.00. The molecule has 3 nitrogen and oxygen atoms in total. The third-order valence-electron chi connectivity index (χ3n) is 3.06. The Morgan fingerprint density at radius 3 is 2.53 bits per heavy atom. The van der Waals surface area contributed by atoms with Gasteiger partial charge in [-0.2, -0.15) is 0 Å². The molecule has 100 valence electrons. The van der Waals surface area contributed by atoms with Crippen LogP contribution in [0, 0.1) is 0 Å². The van der Waals surface area contributed by atoms with E-state index in [-0.39, 0.29) is 6.10 Å². The monoisotopic (exact) mass is 257 g/mol. The molecule has 0 saturated carbocycles. The Labute approximate surface area is 114 Å². The zero-order valence-electron chi connectivity index (χ0n) is 11.3. The number of methoxy groups -OCH3 is 1. The molecule has 0 saturated heterocycles. The molecule has 0 radical (unpaired) electrons. The van der Waals surface area contributed by atoms with E-state index in [2.05, 4.69) is 12.1 Å². The van der Waals surface area contributed by atoms with E-state index >= 15 is 0 Å². The van der Waals surface area contributed by atoms with Crippen LogP contribution in [0.2, 0.25) is 0 Å². The molecule has 0 heterocycles. The van der Waals surface area contributed by atoms with Crippen LogP contribution in [0.3, 0.4) is 0 Å². The molecular formula is C16H19NO2. The number of hydrogen-bond acceptors (Lipinski definition) is 3. The Balaban J connectivity index is 2.04. The number of rotatable bonds is 5. The van der Waals surface area contributed by atoms with E-state index in [9.17, 15) is 0 Å². The van der Waals surface area contributed by atoms with E-state index in [1.165, 1.54) is 0 Å². The summed E-state index contributed by atoms with van der Waals surface area (Å²) in [5.74, 6) is 0.800. The van der Waals surface area contributed by atoms with Gasteiger partial charge < -0.3 is 15.2 Å². The van der Waals surface area contributed by atoms with Crippen LogP contribution in [-0.4, -0.2) is 7.11 Å². The lowest BCUT2D eigenvalue weighted by Crippen LogP contribution is -2.02. The van der Waals surface area contributed by atoms with Gasteiger partial charge in [0.15, 0.2) is 0 Å². The fourth-order valence-electron chi connectivity index (χ4n) is 1.95. The predicted octanol–water partition coefficient (Wildman–Crippen LogP) is 3.56. The molecule has 1 unspecified atom stereocenters. The average molecular weight is 257 g/mol. The zero-order chi connectivity index (χ0) is 13.7. The van der Waals surface area contributed by atoms with Gasteiger partial charge in [0.25, 0.3) is 0 Å². The number of anilines is 1. The van der Waals surface area contributed by atoms with Crippen molar-refractivity contribution in [1.82, 2.24) is 0 Å². The number of nitrogen functional groups attached to an aromatic ring is 1. The van der Waals surface area contributed by atoms with E-state index in [4.69, 9.17) is 15.2 Å². The first-order valence-corrected chi connectivity index (χ1v) is 6.29. The predicted molar refractivity (Wildman–Crippen MR) is 77.1 cm³/mol. The maximum Gasteiger partial charge on any atom is 0.124 e. The van der Waals surface area contributed by atoms with Gasteiger partial charge >= 0.3 is 0 Å². The van der Waals surface area contributed by atoms with Crippen molar-refractivity contribution < 1.29 is 9.47 Å². The highest BCUT2D eigenvalue weighted by Crippen LogP contribution is 2.25. The van der Waals surface area contributed by atoms with E-state index in [0.717, 1.165) is 16.9 Å². The van der Waals surface area contributed by atoms with Crippen LogP contribution in [0.1, 0.15) is 24.2 Å². The van der Waals surface area contributed by atoms with Crippen molar-refractivity contribution in [3.05, 3.63) is 59.7 Å². The van der Waals surface area contributed by atoms with Gasteiger partial charge in [-0.05, 0) is 30.7 Å². The first-order valence-electron chi connectivity index (χ1n) is 6.29. The van der Waals surface area contributed by atoms with Crippen LogP contribution in [0.25, 0.3) is 0 Å². The minimum atomic E-state index is 0.0346. The molecule has 0 bridgehead atoms. The first kappa shape index (κ1) is 13.4. The Morgan fingerprint density at radius 1 is 1.11 bits per heavy atom. The molecule has 0 aliphatic carbocycles. The molecule has 1 atom stereocenters. The highest BCUT2D eigenvalue weighted by Gasteiger charge is 2.08. The van der Waals surface area contributed by atoms with Crippen LogP contribution >= 0.6 is 0 Å². The Kier molecular flexibility index (Phi) is 4.42. The first-order chi connectivity index (χ1) is 9.20. The Morgan fingerprint density at radius 2 is 1.84 bits per heavy atom. The van der Waals surface area contributed by atoms with Crippen molar-refractivity contribution >= 4 is 5.69 Å². The van der Waals surface area contributed by atoms with Crippen molar-refractivity contribution in [2.24, 2.45) is 0 Å². The standard InChI is InChI=1S/C16H19NO2/c1-12(13-6-4-3-5-7-13)19-11-14-10-15(17)8-9-16(14)18-2/h3-10,12H,11,17H2,1-2H3. The molecule has 0 aliphatic heterocycles. The molecule has 0 aliphatic rings. The lowest BCUT2D eigenvalue weighted by atomic mass is 10.1. The second-order valence-corrected chi connectivity index (χ2v) is 4.44. The molecule has 2 rings (SSSR count). The van der Waals surface area contributed by atoms with E-state index in [1.54, 1.807) is 7.11 Å². The Bertz CT molecular complexity index is 526. The second-order valence-electron chi connectivity index (χ2n) is 4.44. The molecule has 2 aromatic rings. The van der Waals surface area contributed by atoms with Crippen LogP contribution in [0.4, 0.5) is 5.69 Å². The third kappa shape index (κ3) is 3.48. The number of ether oxygens (including phenoxy) is 2. The van der Waals surface area contributed by atoms with Crippen LogP contribution < -0.4 is 10.5 Å². The van der Waals surface area contributed by atoms with E-state index in [1.807, 2.05) is 43.3 Å². The van der Waals surface area contributed by atoms with Crippen molar-refractivity contribution in [1.29, 1.82) is 0 Å². The van der Waals surface area contributed by atoms with Gasteiger partial charge in [-0.15, -0.1) is 0 Å². The van der Waals surface area contributed by atoms with Gasteiger partial charge in [-0.1, -0.05) is 30.3 Å². The summed E-state index contributed by atoms with van der Waals surface area (Å²) in [6, 6.07) is 15.7. The van der Waals surface area contributed by atoms with Gasteiger partial charge in [0.1, 0.15) is 5.75 Å². The van der Waals surface area contributed by atoms with Crippen molar-refractivity contribution in [3.8, 4) is 5.75 Å². The minimum absolute atomic E-state index is 0.0346. The minimum Gasteiger partial charge on any atom is -0.496 e. The second kappa shape index (κ2) is 6.25. The maximum atomic E-state index is 5.88. The van der Waals surface area contributed by atoms with Crippen molar-refractivity contribution in [3.63, 3.8) is 0 Å². The maximum absolute atomic E-state index is 5.88. The molecule has 2 aromatic carbocycles. The summed E-state index contributed by atoms with van der Waals surface area (Å²) in [5, 5.41) is 0. The lowest BCUT2D eigenvalue weighted by Gasteiger charge is -2.15. The van der Waals surface area contributed by atoms with Crippen molar-refractivity contribution in [2.75, 3.05) is 12.8 Å². The summed E-state index contributed by atoms with van der Waals surface area (Å²) in [4.78, 5) is 0. The SMILES string of the molecule is COc1ccc(N)cc1COC(C)c1ccccc1. The van der Waals surface area contributed by atoms with E-state index < -0.39 is 0 Å². The molecule has 0 fully saturated rings. The number of nitrogens with two attached hydrogens (primary N) is 1. The van der Waals surface area contributed by atoms with Gasteiger partial charge in [0.05, 0.1) is 19.8 Å². The molecule has 19 heavy (non-hydrogen) atoms. The zero-order valence-corrected chi connectivity index (χ0v) is 11.3. The topological polar surface area (TPSA) is 44.5 Å². The highest BCUT2D eigenvalue weighted by molar-refractivity contribution is 5.47. The average Bonchev–Trinajstić information content (AvgIpc) is 2.46. The van der Waals surface area contributed by atoms with Gasteiger partial charge in [0, 0.05) is 11.3 Å². The molecule has 0 amide bonds.